The van der Waals surface area contributed by atoms with Crippen molar-refractivity contribution in [3.63, 3.8) is 0 Å². The second kappa shape index (κ2) is 6.86. The Kier molecular flexibility index (Phi) is 4.64. The van der Waals surface area contributed by atoms with E-state index in [1.54, 1.807) is 15.8 Å². The quantitative estimate of drug-likeness (QED) is 0.910. The molecule has 2 atom stereocenters. The SMILES string of the molecule is Cc1ccnn1CCC(=O)N1C[C@H](C(=O)O)[C@@H](c2ccccc2)C1. The van der Waals surface area contributed by atoms with Gasteiger partial charge in [-0.15, -0.1) is 0 Å². The first-order valence-corrected chi connectivity index (χ1v) is 8.10. The van der Waals surface area contributed by atoms with Gasteiger partial charge in [0, 0.05) is 43.9 Å². The molecule has 0 bridgehead atoms. The van der Waals surface area contributed by atoms with Crippen molar-refractivity contribution in [3.05, 3.63) is 53.9 Å². The highest BCUT2D eigenvalue weighted by Gasteiger charge is 2.40. The minimum Gasteiger partial charge on any atom is -0.481 e. The summed E-state index contributed by atoms with van der Waals surface area (Å²) < 4.78 is 1.79. The average Bonchev–Trinajstić information content (AvgIpc) is 3.20. The number of carbonyl (C=O) groups is 2. The smallest absolute Gasteiger partial charge is 0.308 e. The molecule has 0 unspecified atom stereocenters. The van der Waals surface area contributed by atoms with E-state index in [1.807, 2.05) is 43.3 Å². The van der Waals surface area contributed by atoms with E-state index in [-0.39, 0.29) is 18.4 Å². The molecule has 1 aliphatic heterocycles. The third kappa shape index (κ3) is 3.32. The predicted octanol–water partition coefficient (Wildman–Crippen LogP) is 1.91. The summed E-state index contributed by atoms with van der Waals surface area (Å²) in [6, 6.07) is 11.5. The molecule has 1 aromatic carbocycles. The molecule has 1 N–H and O–H groups in total. The minimum absolute atomic E-state index is 0.0189. The molecule has 6 nitrogen and oxygen atoms in total. The van der Waals surface area contributed by atoms with Crippen molar-refractivity contribution in [2.75, 3.05) is 13.1 Å². The monoisotopic (exact) mass is 327 g/mol. The molecule has 3 rings (SSSR count). The summed E-state index contributed by atoms with van der Waals surface area (Å²) in [6.45, 7) is 3.19. The standard InChI is InChI=1S/C18H21N3O3/c1-13-7-9-19-21(13)10-8-17(22)20-11-15(16(12-20)18(23)24)14-5-3-2-4-6-14/h2-7,9,15-16H,8,10-12H2,1H3,(H,23,24)/t15-,16+/m1/s1. The zero-order valence-corrected chi connectivity index (χ0v) is 13.6. The number of rotatable bonds is 5. The molecule has 0 aliphatic carbocycles. The first-order chi connectivity index (χ1) is 11.6. The third-order valence-electron chi connectivity index (χ3n) is 4.68. The molecule has 0 saturated carbocycles. The highest BCUT2D eigenvalue weighted by molar-refractivity contribution is 5.79. The van der Waals surface area contributed by atoms with Crippen LogP contribution in [0.15, 0.2) is 42.6 Å². The summed E-state index contributed by atoms with van der Waals surface area (Å²) in [6.07, 6.45) is 2.04. The van der Waals surface area contributed by atoms with Gasteiger partial charge in [-0.2, -0.15) is 5.10 Å². The van der Waals surface area contributed by atoms with Crippen molar-refractivity contribution in [1.29, 1.82) is 0 Å². The topological polar surface area (TPSA) is 75.4 Å². The van der Waals surface area contributed by atoms with Crippen LogP contribution in [0.1, 0.15) is 23.6 Å². The molecule has 126 valence electrons. The Morgan fingerprint density at radius 2 is 1.96 bits per heavy atom. The Balaban J connectivity index is 1.67. The number of carboxylic acid groups (broad SMARTS) is 1. The second-order valence-corrected chi connectivity index (χ2v) is 6.21. The van der Waals surface area contributed by atoms with Crippen LogP contribution >= 0.6 is 0 Å². The molecular formula is C18H21N3O3. The summed E-state index contributed by atoms with van der Waals surface area (Å²) in [4.78, 5) is 25.8. The van der Waals surface area contributed by atoms with E-state index in [4.69, 9.17) is 0 Å². The Morgan fingerprint density at radius 1 is 1.21 bits per heavy atom. The molecule has 6 heteroatoms. The van der Waals surface area contributed by atoms with Crippen LogP contribution in [0.4, 0.5) is 0 Å². The molecule has 1 aliphatic rings. The molecule has 0 radical (unpaired) electrons. The van der Waals surface area contributed by atoms with Gasteiger partial charge < -0.3 is 10.0 Å². The number of benzene rings is 1. The van der Waals surface area contributed by atoms with Crippen LogP contribution in [-0.2, 0) is 16.1 Å². The summed E-state index contributed by atoms with van der Waals surface area (Å²) in [5, 5.41) is 13.7. The maximum atomic E-state index is 12.5. The number of likely N-dealkylation sites (tertiary alicyclic amines) is 1. The van der Waals surface area contributed by atoms with Crippen LogP contribution in [-0.4, -0.2) is 44.8 Å². The van der Waals surface area contributed by atoms with Gasteiger partial charge in [-0.25, -0.2) is 0 Å². The van der Waals surface area contributed by atoms with Crippen molar-refractivity contribution in [2.24, 2.45) is 5.92 Å². The normalized spacial score (nSPS) is 20.3. The van der Waals surface area contributed by atoms with Crippen LogP contribution in [0.3, 0.4) is 0 Å². The lowest BCUT2D eigenvalue weighted by Gasteiger charge is -2.17. The van der Waals surface area contributed by atoms with E-state index in [0.717, 1.165) is 11.3 Å². The molecule has 1 fully saturated rings. The first kappa shape index (κ1) is 16.2. The van der Waals surface area contributed by atoms with E-state index in [1.165, 1.54) is 0 Å². The zero-order valence-electron chi connectivity index (χ0n) is 13.6. The Labute approximate surface area is 140 Å². The van der Waals surface area contributed by atoms with Crippen molar-refractivity contribution in [1.82, 2.24) is 14.7 Å². The minimum atomic E-state index is -0.845. The van der Waals surface area contributed by atoms with Crippen LogP contribution in [0.25, 0.3) is 0 Å². The first-order valence-electron chi connectivity index (χ1n) is 8.10. The number of amides is 1. The van der Waals surface area contributed by atoms with Gasteiger partial charge in [-0.1, -0.05) is 30.3 Å². The molecule has 1 amide bonds. The van der Waals surface area contributed by atoms with Gasteiger partial charge in [0.05, 0.1) is 5.92 Å². The van der Waals surface area contributed by atoms with Crippen LogP contribution in [0.2, 0.25) is 0 Å². The molecule has 2 heterocycles. The Bertz CT molecular complexity index is 726. The maximum absolute atomic E-state index is 12.5. The molecule has 24 heavy (non-hydrogen) atoms. The van der Waals surface area contributed by atoms with E-state index < -0.39 is 11.9 Å². The maximum Gasteiger partial charge on any atom is 0.308 e. The fraction of sp³-hybridized carbons (Fsp3) is 0.389. The number of aromatic nitrogens is 2. The van der Waals surface area contributed by atoms with E-state index in [2.05, 4.69) is 5.10 Å². The molecular weight excluding hydrogens is 306 g/mol. The van der Waals surface area contributed by atoms with Gasteiger partial charge in [-0.3, -0.25) is 14.3 Å². The number of aryl methyl sites for hydroxylation is 2. The van der Waals surface area contributed by atoms with Crippen LogP contribution in [0, 0.1) is 12.8 Å². The van der Waals surface area contributed by atoms with Gasteiger partial charge in [0.25, 0.3) is 0 Å². The number of carboxylic acids is 1. The van der Waals surface area contributed by atoms with Gasteiger partial charge in [0.15, 0.2) is 0 Å². The highest BCUT2D eigenvalue weighted by atomic mass is 16.4. The lowest BCUT2D eigenvalue weighted by molar-refractivity contribution is -0.141. The van der Waals surface area contributed by atoms with E-state index >= 15 is 0 Å². The van der Waals surface area contributed by atoms with E-state index in [9.17, 15) is 14.7 Å². The van der Waals surface area contributed by atoms with E-state index in [0.29, 0.717) is 19.5 Å². The summed E-state index contributed by atoms with van der Waals surface area (Å²) in [5.74, 6) is -1.57. The average molecular weight is 327 g/mol. The number of hydrogen-bond acceptors (Lipinski definition) is 3. The fourth-order valence-corrected chi connectivity index (χ4v) is 3.29. The Hall–Kier alpha value is -2.63. The molecule has 0 spiro atoms. The highest BCUT2D eigenvalue weighted by Crippen LogP contribution is 2.33. The summed E-state index contributed by atoms with van der Waals surface area (Å²) in [7, 11) is 0. The van der Waals surface area contributed by atoms with Gasteiger partial charge in [0.1, 0.15) is 0 Å². The Morgan fingerprint density at radius 3 is 2.58 bits per heavy atom. The fourth-order valence-electron chi connectivity index (χ4n) is 3.29. The van der Waals surface area contributed by atoms with Gasteiger partial charge in [0.2, 0.25) is 5.91 Å². The number of nitrogens with zero attached hydrogens (tertiary/aromatic N) is 3. The van der Waals surface area contributed by atoms with Crippen LogP contribution < -0.4 is 0 Å². The van der Waals surface area contributed by atoms with Crippen molar-refractivity contribution < 1.29 is 14.7 Å². The summed E-state index contributed by atoms with van der Waals surface area (Å²) >= 11 is 0. The van der Waals surface area contributed by atoms with Gasteiger partial charge >= 0.3 is 5.97 Å². The van der Waals surface area contributed by atoms with Crippen molar-refractivity contribution in [3.8, 4) is 0 Å². The number of carbonyl (C=O) groups excluding carboxylic acids is 1. The molecule has 1 aromatic heterocycles. The lowest BCUT2D eigenvalue weighted by atomic mass is 9.89. The predicted molar refractivity (Wildman–Crippen MR) is 88.5 cm³/mol. The molecule has 1 saturated heterocycles. The molecule has 2 aromatic rings. The van der Waals surface area contributed by atoms with Crippen LogP contribution in [0.5, 0.6) is 0 Å². The lowest BCUT2D eigenvalue weighted by Crippen LogP contribution is -2.30. The third-order valence-corrected chi connectivity index (χ3v) is 4.68. The van der Waals surface area contributed by atoms with Crippen molar-refractivity contribution in [2.45, 2.75) is 25.8 Å². The van der Waals surface area contributed by atoms with Crippen molar-refractivity contribution >= 4 is 11.9 Å². The summed E-state index contributed by atoms with van der Waals surface area (Å²) in [5.41, 5.74) is 1.98. The number of hydrogen-bond donors (Lipinski definition) is 1. The largest absolute Gasteiger partial charge is 0.481 e. The zero-order chi connectivity index (χ0) is 17.1. The number of aliphatic carboxylic acids is 1. The van der Waals surface area contributed by atoms with Gasteiger partial charge in [-0.05, 0) is 18.6 Å². The second-order valence-electron chi connectivity index (χ2n) is 6.21.